The van der Waals surface area contributed by atoms with E-state index in [2.05, 4.69) is 9.40 Å². The zero-order valence-corrected chi connectivity index (χ0v) is 8.53. The number of sulfone groups is 1. The van der Waals surface area contributed by atoms with Crippen LogP contribution in [0.5, 0.6) is 0 Å². The number of carboxylic acid groups (broad SMARTS) is 1. The molecule has 1 aromatic rings. The molecule has 1 aliphatic rings. The number of carboxylic acids is 1. The van der Waals surface area contributed by atoms with Crippen molar-refractivity contribution in [3.63, 3.8) is 0 Å². The van der Waals surface area contributed by atoms with Crippen molar-refractivity contribution in [2.45, 2.75) is 18.1 Å². The summed E-state index contributed by atoms with van der Waals surface area (Å²) in [5.74, 6) is -1.57. The van der Waals surface area contributed by atoms with Crippen LogP contribution in [0.3, 0.4) is 0 Å². The molecule has 15 heavy (non-hydrogen) atoms. The van der Waals surface area contributed by atoms with E-state index in [0.29, 0.717) is 12.8 Å². The van der Waals surface area contributed by atoms with E-state index in [9.17, 15) is 13.2 Å². The second-order valence-electron chi connectivity index (χ2n) is 3.37. The number of aromatic carboxylic acids is 1. The number of carbonyl (C=O) groups is 1. The van der Waals surface area contributed by atoms with Crippen molar-refractivity contribution in [3.8, 4) is 0 Å². The maximum Gasteiger partial charge on any atom is 0.373 e. The Balaban J connectivity index is 2.46. The lowest BCUT2D eigenvalue weighted by Gasteiger charge is -2.05. The first-order valence-electron chi connectivity index (χ1n) is 4.40. The first kappa shape index (κ1) is 10.2. The largest absolute Gasteiger partial charge is 0.475 e. The zero-order valence-electron chi connectivity index (χ0n) is 7.71. The lowest BCUT2D eigenvalue weighted by atomic mass is 10.2. The Labute approximate surface area is 85.8 Å². The summed E-state index contributed by atoms with van der Waals surface area (Å²) in [5, 5.41) is 7.94. The lowest BCUT2D eigenvalue weighted by molar-refractivity contribution is 0.0660. The molecule has 0 radical (unpaired) electrons. The molecule has 6 nitrogen and oxygen atoms in total. The molecule has 1 fully saturated rings. The molecule has 1 atom stereocenters. The number of oxazole rings is 1. The number of hydrogen-bond acceptors (Lipinski definition) is 5. The second kappa shape index (κ2) is 3.34. The van der Waals surface area contributed by atoms with E-state index in [-0.39, 0.29) is 17.2 Å². The first-order valence-corrected chi connectivity index (χ1v) is 6.12. The molecule has 0 amide bonds. The third-order valence-electron chi connectivity index (χ3n) is 2.42. The van der Waals surface area contributed by atoms with Gasteiger partial charge >= 0.3 is 5.97 Å². The van der Waals surface area contributed by atoms with Gasteiger partial charge < -0.3 is 9.52 Å². The Bertz CT molecular complexity index is 489. The molecular weight excluding hydrogens is 222 g/mol. The van der Waals surface area contributed by atoms with Crippen LogP contribution in [0.1, 0.15) is 34.3 Å². The van der Waals surface area contributed by atoms with Crippen molar-refractivity contribution in [2.24, 2.45) is 0 Å². The van der Waals surface area contributed by atoms with Gasteiger partial charge in [0.15, 0.2) is 16.2 Å². The quantitative estimate of drug-likeness (QED) is 0.801. The molecule has 7 heteroatoms. The fraction of sp³-hybridized carbons (Fsp3) is 0.500. The van der Waals surface area contributed by atoms with Gasteiger partial charge in [0.25, 0.3) is 0 Å². The summed E-state index contributed by atoms with van der Waals surface area (Å²) < 4.78 is 27.8. The zero-order chi connectivity index (χ0) is 11.1. The number of rotatable bonds is 2. The smallest absolute Gasteiger partial charge is 0.373 e. The fourth-order valence-electron chi connectivity index (χ4n) is 1.74. The van der Waals surface area contributed by atoms with E-state index in [1.807, 2.05) is 0 Å². The molecule has 0 saturated carbocycles. The average Bonchev–Trinajstić information content (AvgIpc) is 2.69. The van der Waals surface area contributed by atoms with Crippen molar-refractivity contribution in [2.75, 3.05) is 5.75 Å². The van der Waals surface area contributed by atoms with Crippen LogP contribution in [0.2, 0.25) is 0 Å². The SMILES string of the molecule is O=C(O)c1ocnc1C1CCCS1(=O)=O. The minimum absolute atomic E-state index is 0.0278. The molecule has 1 aromatic heterocycles. The summed E-state index contributed by atoms with van der Waals surface area (Å²) in [6, 6.07) is 0. The van der Waals surface area contributed by atoms with Gasteiger partial charge in [0, 0.05) is 0 Å². The molecule has 1 saturated heterocycles. The number of aromatic nitrogens is 1. The van der Waals surface area contributed by atoms with E-state index < -0.39 is 21.1 Å². The molecular formula is C8H9NO5S. The van der Waals surface area contributed by atoms with Crippen LogP contribution in [-0.2, 0) is 9.84 Å². The summed E-state index contributed by atoms with van der Waals surface area (Å²) in [6.45, 7) is 0. The highest BCUT2D eigenvalue weighted by molar-refractivity contribution is 7.91. The summed E-state index contributed by atoms with van der Waals surface area (Å²) in [7, 11) is -3.25. The summed E-state index contributed by atoms with van der Waals surface area (Å²) in [4.78, 5) is 14.4. The van der Waals surface area contributed by atoms with Crippen LogP contribution in [-0.4, -0.2) is 30.2 Å². The Kier molecular flexibility index (Phi) is 2.26. The van der Waals surface area contributed by atoms with E-state index in [0.717, 1.165) is 6.39 Å². The van der Waals surface area contributed by atoms with Crippen LogP contribution in [0, 0.1) is 0 Å². The fourth-order valence-corrected chi connectivity index (χ4v) is 3.63. The Morgan fingerprint density at radius 3 is 2.87 bits per heavy atom. The van der Waals surface area contributed by atoms with Crippen LogP contribution in [0.15, 0.2) is 10.8 Å². The molecule has 1 aliphatic heterocycles. The molecule has 0 aliphatic carbocycles. The number of hydrogen-bond donors (Lipinski definition) is 1. The Morgan fingerprint density at radius 1 is 1.60 bits per heavy atom. The van der Waals surface area contributed by atoms with Gasteiger partial charge in [-0.05, 0) is 12.8 Å². The highest BCUT2D eigenvalue weighted by Crippen LogP contribution is 2.35. The van der Waals surface area contributed by atoms with Crippen molar-refractivity contribution < 1.29 is 22.7 Å². The molecule has 0 bridgehead atoms. The summed E-state index contributed by atoms with van der Waals surface area (Å²) in [5.41, 5.74) is 0.0278. The highest BCUT2D eigenvalue weighted by Gasteiger charge is 2.37. The normalized spacial score (nSPS) is 24.1. The molecule has 1 N–H and O–H groups in total. The highest BCUT2D eigenvalue weighted by atomic mass is 32.2. The Hall–Kier alpha value is -1.37. The van der Waals surface area contributed by atoms with E-state index >= 15 is 0 Å². The van der Waals surface area contributed by atoms with Crippen molar-refractivity contribution in [1.29, 1.82) is 0 Å². The minimum Gasteiger partial charge on any atom is -0.475 e. The predicted molar refractivity (Wildman–Crippen MR) is 49.2 cm³/mol. The van der Waals surface area contributed by atoms with Crippen molar-refractivity contribution >= 4 is 15.8 Å². The van der Waals surface area contributed by atoms with Crippen LogP contribution < -0.4 is 0 Å². The predicted octanol–water partition coefficient (Wildman–Crippen LogP) is 0.623. The second-order valence-corrected chi connectivity index (χ2v) is 5.67. The Morgan fingerprint density at radius 2 is 2.33 bits per heavy atom. The van der Waals surface area contributed by atoms with Crippen molar-refractivity contribution in [3.05, 3.63) is 17.8 Å². The average molecular weight is 231 g/mol. The van der Waals surface area contributed by atoms with E-state index in [1.165, 1.54) is 0 Å². The first-order chi connectivity index (χ1) is 7.02. The van der Waals surface area contributed by atoms with Crippen LogP contribution >= 0.6 is 0 Å². The molecule has 0 spiro atoms. The molecule has 1 unspecified atom stereocenters. The van der Waals surface area contributed by atoms with Gasteiger partial charge in [-0.2, -0.15) is 0 Å². The third kappa shape index (κ3) is 1.63. The summed E-state index contributed by atoms with van der Waals surface area (Å²) in [6.07, 6.45) is 1.92. The van der Waals surface area contributed by atoms with E-state index in [1.54, 1.807) is 0 Å². The molecule has 82 valence electrons. The standard InChI is InChI=1S/C8H9NO5S/c10-8(11)7-6(9-4-14-7)5-2-1-3-15(5,12)13/h4-5H,1-3H2,(H,10,11). The van der Waals surface area contributed by atoms with Crippen molar-refractivity contribution in [1.82, 2.24) is 4.98 Å². The van der Waals surface area contributed by atoms with Gasteiger partial charge in [-0.15, -0.1) is 0 Å². The van der Waals surface area contributed by atoms with Gasteiger partial charge in [0.05, 0.1) is 5.75 Å². The lowest BCUT2D eigenvalue weighted by Crippen LogP contribution is -2.12. The third-order valence-corrected chi connectivity index (χ3v) is 4.61. The van der Waals surface area contributed by atoms with Gasteiger partial charge in [-0.25, -0.2) is 18.2 Å². The molecule has 0 aromatic carbocycles. The van der Waals surface area contributed by atoms with Gasteiger partial charge in [0.1, 0.15) is 10.9 Å². The summed E-state index contributed by atoms with van der Waals surface area (Å²) >= 11 is 0. The van der Waals surface area contributed by atoms with Gasteiger partial charge in [-0.1, -0.05) is 0 Å². The maximum atomic E-state index is 11.6. The topological polar surface area (TPSA) is 97.5 Å². The maximum absolute atomic E-state index is 11.6. The molecule has 2 rings (SSSR count). The van der Waals surface area contributed by atoms with E-state index in [4.69, 9.17) is 5.11 Å². The monoisotopic (exact) mass is 231 g/mol. The number of nitrogens with zero attached hydrogens (tertiary/aromatic N) is 1. The molecule has 2 heterocycles. The van der Waals surface area contributed by atoms with Gasteiger partial charge in [-0.3, -0.25) is 0 Å². The van der Waals surface area contributed by atoms with Crippen LogP contribution in [0.25, 0.3) is 0 Å². The van der Waals surface area contributed by atoms with Crippen LogP contribution in [0.4, 0.5) is 0 Å². The minimum atomic E-state index is -3.25. The van der Waals surface area contributed by atoms with Gasteiger partial charge in [0.2, 0.25) is 5.76 Å².